The molecule has 0 aromatic heterocycles. The van der Waals surface area contributed by atoms with Crippen LogP contribution in [0.5, 0.6) is 0 Å². The second kappa shape index (κ2) is 5.01. The number of amidine groups is 1. The summed E-state index contributed by atoms with van der Waals surface area (Å²) in [7, 11) is 0. The third-order valence-corrected chi connectivity index (χ3v) is 2.64. The van der Waals surface area contributed by atoms with Gasteiger partial charge in [0.05, 0.1) is 0 Å². The van der Waals surface area contributed by atoms with Crippen LogP contribution in [0.25, 0.3) is 0 Å². The molecule has 0 spiro atoms. The van der Waals surface area contributed by atoms with Crippen LogP contribution in [0.15, 0.2) is 5.10 Å². The fraction of sp³-hybridized carbons (Fsp3) is 0.889. The normalized spacial score (nSPS) is 22.2. The zero-order chi connectivity index (χ0) is 8.81. The minimum absolute atomic E-state index is 0.613. The van der Waals surface area contributed by atoms with Crippen LogP contribution in [-0.4, -0.2) is 5.84 Å². The monoisotopic (exact) mass is 169 g/mol. The van der Waals surface area contributed by atoms with Crippen LogP contribution in [-0.2, 0) is 0 Å². The molecule has 4 N–H and O–H groups in total. The lowest BCUT2D eigenvalue weighted by Gasteiger charge is -2.11. The van der Waals surface area contributed by atoms with Gasteiger partial charge in [0.2, 0.25) is 0 Å². The lowest BCUT2D eigenvalue weighted by atomic mass is 9.96. The van der Waals surface area contributed by atoms with Gasteiger partial charge >= 0.3 is 0 Å². The molecule has 3 nitrogen and oxygen atoms in total. The van der Waals surface area contributed by atoms with E-state index in [0.717, 1.165) is 12.3 Å². The molecule has 70 valence electrons. The van der Waals surface area contributed by atoms with Crippen molar-refractivity contribution in [2.45, 2.75) is 44.9 Å². The van der Waals surface area contributed by atoms with Crippen molar-refractivity contribution in [2.24, 2.45) is 22.6 Å². The van der Waals surface area contributed by atoms with Crippen molar-refractivity contribution in [1.82, 2.24) is 0 Å². The lowest BCUT2D eigenvalue weighted by Crippen LogP contribution is -2.18. The zero-order valence-electron chi connectivity index (χ0n) is 7.63. The summed E-state index contributed by atoms with van der Waals surface area (Å²) in [5.74, 6) is 6.44. The van der Waals surface area contributed by atoms with E-state index in [1.54, 1.807) is 0 Å². The third kappa shape index (κ3) is 3.11. The van der Waals surface area contributed by atoms with Crippen molar-refractivity contribution >= 4 is 5.84 Å². The third-order valence-electron chi connectivity index (χ3n) is 2.64. The summed E-state index contributed by atoms with van der Waals surface area (Å²) in [5, 5.41) is 3.51. The molecule has 0 radical (unpaired) electrons. The Morgan fingerprint density at radius 1 is 1.17 bits per heavy atom. The average Bonchev–Trinajstić information content (AvgIpc) is 2.33. The smallest absolute Gasteiger partial charge is 0.119 e. The molecule has 0 bridgehead atoms. The quantitative estimate of drug-likeness (QED) is 0.217. The first-order chi connectivity index (χ1) is 5.83. The Bertz CT molecular complexity index is 146. The summed E-state index contributed by atoms with van der Waals surface area (Å²) in [6, 6.07) is 0. The van der Waals surface area contributed by atoms with Crippen molar-refractivity contribution < 1.29 is 0 Å². The van der Waals surface area contributed by atoms with Crippen LogP contribution in [0.4, 0.5) is 0 Å². The fourth-order valence-electron chi connectivity index (χ4n) is 1.92. The highest BCUT2D eigenvalue weighted by Gasteiger charge is 2.13. The van der Waals surface area contributed by atoms with Crippen molar-refractivity contribution in [3.05, 3.63) is 0 Å². The predicted molar refractivity (Wildman–Crippen MR) is 51.6 cm³/mol. The first-order valence-electron chi connectivity index (χ1n) is 4.85. The average molecular weight is 169 g/mol. The van der Waals surface area contributed by atoms with E-state index in [4.69, 9.17) is 11.6 Å². The minimum Gasteiger partial charge on any atom is -0.386 e. The van der Waals surface area contributed by atoms with Crippen molar-refractivity contribution in [1.29, 1.82) is 0 Å². The van der Waals surface area contributed by atoms with Crippen LogP contribution in [0.1, 0.15) is 44.9 Å². The van der Waals surface area contributed by atoms with E-state index in [-0.39, 0.29) is 0 Å². The SMILES string of the molecule is NN=C(N)CC1CCCCCC1. The number of hydrazone groups is 1. The van der Waals surface area contributed by atoms with Gasteiger partial charge in [-0.1, -0.05) is 38.5 Å². The Morgan fingerprint density at radius 2 is 1.75 bits per heavy atom. The van der Waals surface area contributed by atoms with E-state index in [1.807, 2.05) is 0 Å². The van der Waals surface area contributed by atoms with Gasteiger partial charge in [0.15, 0.2) is 0 Å². The molecular weight excluding hydrogens is 150 g/mol. The van der Waals surface area contributed by atoms with E-state index < -0.39 is 0 Å². The van der Waals surface area contributed by atoms with Crippen LogP contribution in [0, 0.1) is 5.92 Å². The summed E-state index contributed by atoms with van der Waals surface area (Å²) in [6.07, 6.45) is 8.97. The van der Waals surface area contributed by atoms with Crippen LogP contribution < -0.4 is 11.6 Å². The van der Waals surface area contributed by atoms with Crippen molar-refractivity contribution in [3.63, 3.8) is 0 Å². The molecule has 1 aliphatic rings. The maximum absolute atomic E-state index is 5.58. The fourth-order valence-corrected chi connectivity index (χ4v) is 1.92. The Kier molecular flexibility index (Phi) is 3.91. The van der Waals surface area contributed by atoms with Gasteiger partial charge in [0.1, 0.15) is 5.84 Å². The van der Waals surface area contributed by atoms with E-state index >= 15 is 0 Å². The van der Waals surface area contributed by atoms with Gasteiger partial charge in [-0.2, -0.15) is 5.10 Å². The van der Waals surface area contributed by atoms with Gasteiger partial charge in [0, 0.05) is 6.42 Å². The van der Waals surface area contributed by atoms with E-state index in [2.05, 4.69) is 5.10 Å². The highest BCUT2D eigenvalue weighted by molar-refractivity contribution is 5.80. The Morgan fingerprint density at radius 3 is 2.25 bits per heavy atom. The highest BCUT2D eigenvalue weighted by Crippen LogP contribution is 2.24. The predicted octanol–water partition coefficient (Wildman–Crippen LogP) is 1.58. The van der Waals surface area contributed by atoms with Crippen molar-refractivity contribution in [3.8, 4) is 0 Å². The summed E-state index contributed by atoms with van der Waals surface area (Å²) in [4.78, 5) is 0. The number of nitrogens with zero attached hydrogens (tertiary/aromatic N) is 1. The molecule has 0 aromatic carbocycles. The molecule has 0 heterocycles. The van der Waals surface area contributed by atoms with Crippen LogP contribution in [0.2, 0.25) is 0 Å². The van der Waals surface area contributed by atoms with Gasteiger partial charge in [-0.15, -0.1) is 0 Å². The van der Waals surface area contributed by atoms with Gasteiger partial charge in [-0.25, -0.2) is 0 Å². The molecule has 0 atom stereocenters. The molecular formula is C9H19N3. The van der Waals surface area contributed by atoms with E-state index in [0.29, 0.717) is 5.84 Å². The number of rotatable bonds is 2. The van der Waals surface area contributed by atoms with Gasteiger partial charge < -0.3 is 11.6 Å². The number of hydrogen-bond donors (Lipinski definition) is 2. The molecule has 1 aliphatic carbocycles. The topological polar surface area (TPSA) is 64.4 Å². The van der Waals surface area contributed by atoms with E-state index in [1.165, 1.54) is 38.5 Å². The van der Waals surface area contributed by atoms with Crippen LogP contribution >= 0.6 is 0 Å². The largest absolute Gasteiger partial charge is 0.386 e. The second-order valence-electron chi connectivity index (χ2n) is 3.68. The standard InChI is InChI=1S/C9H19N3/c10-9(12-11)7-8-5-3-1-2-4-6-8/h8H,1-7,11H2,(H2,10,12). The Hall–Kier alpha value is -0.730. The summed E-state index contributed by atoms with van der Waals surface area (Å²) in [6.45, 7) is 0. The second-order valence-corrected chi connectivity index (χ2v) is 3.68. The molecule has 0 saturated heterocycles. The Labute approximate surface area is 74.2 Å². The molecule has 1 fully saturated rings. The Balaban J connectivity index is 2.29. The first-order valence-corrected chi connectivity index (χ1v) is 4.85. The molecule has 0 aromatic rings. The molecule has 3 heteroatoms. The van der Waals surface area contributed by atoms with E-state index in [9.17, 15) is 0 Å². The highest BCUT2D eigenvalue weighted by atomic mass is 15.1. The lowest BCUT2D eigenvalue weighted by molar-refractivity contribution is 0.475. The zero-order valence-corrected chi connectivity index (χ0v) is 7.63. The molecule has 0 unspecified atom stereocenters. The summed E-state index contributed by atoms with van der Waals surface area (Å²) in [5.41, 5.74) is 5.58. The minimum atomic E-state index is 0.613. The molecule has 1 rings (SSSR count). The molecule has 0 aliphatic heterocycles. The maximum atomic E-state index is 5.58. The summed E-state index contributed by atoms with van der Waals surface area (Å²) < 4.78 is 0. The maximum Gasteiger partial charge on any atom is 0.119 e. The molecule has 1 saturated carbocycles. The van der Waals surface area contributed by atoms with Crippen LogP contribution in [0.3, 0.4) is 0 Å². The first kappa shape index (κ1) is 9.36. The summed E-state index contributed by atoms with van der Waals surface area (Å²) >= 11 is 0. The molecule has 12 heavy (non-hydrogen) atoms. The van der Waals surface area contributed by atoms with Gasteiger partial charge in [0.25, 0.3) is 0 Å². The number of hydrogen-bond acceptors (Lipinski definition) is 2. The van der Waals surface area contributed by atoms with Gasteiger partial charge in [-0.05, 0) is 5.92 Å². The number of nitrogens with two attached hydrogens (primary N) is 2. The van der Waals surface area contributed by atoms with Crippen molar-refractivity contribution in [2.75, 3.05) is 0 Å². The molecule has 0 amide bonds. The van der Waals surface area contributed by atoms with Gasteiger partial charge in [-0.3, -0.25) is 0 Å².